The lowest BCUT2D eigenvalue weighted by Crippen LogP contribution is -2.33. The standard InChI is InChI=1S/C32H43NO4/c1-3-5-7-9-11-15-21-33(22-16-12-10-8-6-4-2)32(36)37-24-25-19-20-28-29(23-25)31(35)27-18-14-13-17-26(27)30(28)34/h13-14,17-20,23H,3-12,15-16,21-22,24H2,1-2H3. The molecule has 5 nitrogen and oxygen atoms in total. The van der Waals surface area contributed by atoms with Crippen LogP contribution in [0.4, 0.5) is 4.79 Å². The molecule has 0 aliphatic heterocycles. The molecule has 1 aliphatic rings. The highest BCUT2D eigenvalue weighted by Gasteiger charge is 2.29. The maximum Gasteiger partial charge on any atom is 0.410 e. The van der Waals surface area contributed by atoms with E-state index in [4.69, 9.17) is 4.74 Å². The van der Waals surface area contributed by atoms with Crippen molar-refractivity contribution in [1.29, 1.82) is 0 Å². The smallest absolute Gasteiger partial charge is 0.410 e. The predicted octanol–water partition coefficient (Wildman–Crippen LogP) is 8.12. The normalized spacial score (nSPS) is 12.3. The molecular formula is C32H43NO4. The number of rotatable bonds is 16. The molecule has 3 rings (SSSR count). The molecular weight excluding hydrogens is 462 g/mol. The molecule has 0 radical (unpaired) electrons. The van der Waals surface area contributed by atoms with Crippen LogP contribution in [-0.2, 0) is 11.3 Å². The number of ketones is 2. The first-order chi connectivity index (χ1) is 18.1. The number of unbranched alkanes of at least 4 members (excludes halogenated alkanes) is 10. The molecule has 200 valence electrons. The number of amides is 1. The summed E-state index contributed by atoms with van der Waals surface area (Å²) in [6.07, 6.45) is 13.8. The van der Waals surface area contributed by atoms with Gasteiger partial charge in [0.25, 0.3) is 0 Å². The summed E-state index contributed by atoms with van der Waals surface area (Å²) in [6.45, 7) is 5.95. The van der Waals surface area contributed by atoms with E-state index in [9.17, 15) is 14.4 Å². The number of hydrogen-bond acceptors (Lipinski definition) is 4. The highest BCUT2D eigenvalue weighted by molar-refractivity contribution is 6.28. The molecule has 0 bridgehead atoms. The third-order valence-corrected chi connectivity index (χ3v) is 7.17. The van der Waals surface area contributed by atoms with Crippen LogP contribution in [-0.4, -0.2) is 35.6 Å². The van der Waals surface area contributed by atoms with Crippen molar-refractivity contribution in [3.63, 3.8) is 0 Å². The summed E-state index contributed by atoms with van der Waals surface area (Å²) in [4.78, 5) is 40.7. The van der Waals surface area contributed by atoms with Crippen molar-refractivity contribution in [1.82, 2.24) is 4.90 Å². The van der Waals surface area contributed by atoms with Gasteiger partial charge in [0.15, 0.2) is 11.6 Å². The Bertz CT molecular complexity index is 1030. The van der Waals surface area contributed by atoms with Crippen LogP contribution < -0.4 is 0 Å². The van der Waals surface area contributed by atoms with Crippen molar-refractivity contribution in [2.45, 2.75) is 97.5 Å². The van der Waals surface area contributed by atoms with Crippen molar-refractivity contribution in [3.8, 4) is 0 Å². The van der Waals surface area contributed by atoms with Crippen LogP contribution in [0, 0.1) is 0 Å². The van der Waals surface area contributed by atoms with E-state index >= 15 is 0 Å². The second kappa shape index (κ2) is 15.3. The highest BCUT2D eigenvalue weighted by atomic mass is 16.6. The molecule has 0 saturated carbocycles. The van der Waals surface area contributed by atoms with Crippen LogP contribution in [0.2, 0.25) is 0 Å². The van der Waals surface area contributed by atoms with E-state index in [1.54, 1.807) is 42.5 Å². The Morgan fingerprint density at radius 1 is 0.649 bits per heavy atom. The van der Waals surface area contributed by atoms with Crippen molar-refractivity contribution in [2.24, 2.45) is 0 Å². The van der Waals surface area contributed by atoms with Gasteiger partial charge in [-0.25, -0.2) is 4.79 Å². The zero-order valence-electron chi connectivity index (χ0n) is 22.7. The Balaban J connectivity index is 1.57. The van der Waals surface area contributed by atoms with E-state index in [1.165, 1.54) is 51.4 Å². The number of hydrogen-bond donors (Lipinski definition) is 0. The first kappa shape index (κ1) is 28.6. The lowest BCUT2D eigenvalue weighted by atomic mass is 9.83. The van der Waals surface area contributed by atoms with E-state index in [0.717, 1.165) is 25.7 Å². The van der Waals surface area contributed by atoms with Crippen LogP contribution in [0.1, 0.15) is 128 Å². The molecule has 0 unspecified atom stereocenters. The fraction of sp³-hybridized carbons (Fsp3) is 0.531. The Hall–Kier alpha value is -2.95. The molecule has 2 aromatic carbocycles. The number of benzene rings is 2. The number of nitrogens with zero attached hydrogens (tertiary/aromatic N) is 1. The fourth-order valence-electron chi connectivity index (χ4n) is 4.93. The third kappa shape index (κ3) is 8.28. The highest BCUT2D eigenvalue weighted by Crippen LogP contribution is 2.28. The van der Waals surface area contributed by atoms with Crippen molar-refractivity contribution in [3.05, 3.63) is 70.3 Å². The van der Waals surface area contributed by atoms with Gasteiger partial charge in [0.2, 0.25) is 0 Å². The average molecular weight is 506 g/mol. The second-order valence-electron chi connectivity index (χ2n) is 10.2. The number of carbonyl (C=O) groups excluding carboxylic acids is 3. The van der Waals surface area contributed by atoms with Gasteiger partial charge in [0, 0.05) is 35.3 Å². The SMILES string of the molecule is CCCCCCCCN(CCCCCCCC)C(=O)OCc1ccc2c(c1)C(=O)c1ccccc1C2=O. The number of fused-ring (bicyclic) bond motifs is 2. The van der Waals surface area contributed by atoms with Gasteiger partial charge in [0.1, 0.15) is 6.61 Å². The zero-order valence-corrected chi connectivity index (χ0v) is 22.7. The molecule has 1 aliphatic carbocycles. The van der Waals surface area contributed by atoms with Crippen molar-refractivity contribution >= 4 is 17.7 Å². The largest absolute Gasteiger partial charge is 0.445 e. The molecule has 5 heteroatoms. The third-order valence-electron chi connectivity index (χ3n) is 7.17. The zero-order chi connectivity index (χ0) is 26.5. The number of ether oxygens (including phenoxy) is 1. The topological polar surface area (TPSA) is 63.7 Å². The molecule has 0 spiro atoms. The van der Waals surface area contributed by atoms with Crippen LogP contribution >= 0.6 is 0 Å². The molecule has 0 atom stereocenters. The summed E-state index contributed by atoms with van der Waals surface area (Å²) < 4.78 is 5.69. The number of carbonyl (C=O) groups is 3. The van der Waals surface area contributed by atoms with Gasteiger partial charge in [-0.1, -0.05) is 108 Å². The summed E-state index contributed by atoms with van der Waals surface area (Å²) in [6, 6.07) is 12.1. The minimum absolute atomic E-state index is 0.0821. The molecule has 0 saturated heterocycles. The Morgan fingerprint density at radius 2 is 1.14 bits per heavy atom. The van der Waals surface area contributed by atoms with Gasteiger partial charge < -0.3 is 9.64 Å². The Morgan fingerprint density at radius 3 is 1.70 bits per heavy atom. The summed E-state index contributed by atoms with van der Waals surface area (Å²) >= 11 is 0. The maximum absolute atomic E-state index is 13.0. The molecule has 0 heterocycles. The van der Waals surface area contributed by atoms with Crippen LogP contribution in [0.5, 0.6) is 0 Å². The Kier molecular flexibility index (Phi) is 11.9. The quantitative estimate of drug-likeness (QED) is 0.184. The monoisotopic (exact) mass is 505 g/mol. The maximum atomic E-state index is 13.0. The van der Waals surface area contributed by atoms with Gasteiger partial charge >= 0.3 is 6.09 Å². The fourth-order valence-corrected chi connectivity index (χ4v) is 4.93. The molecule has 37 heavy (non-hydrogen) atoms. The van der Waals surface area contributed by atoms with Gasteiger partial charge in [-0.15, -0.1) is 0 Å². The van der Waals surface area contributed by atoms with Crippen LogP contribution in [0.3, 0.4) is 0 Å². The van der Waals surface area contributed by atoms with Gasteiger partial charge in [-0.05, 0) is 30.5 Å². The van der Waals surface area contributed by atoms with Crippen LogP contribution in [0.25, 0.3) is 0 Å². The van der Waals surface area contributed by atoms with E-state index in [-0.39, 0.29) is 24.3 Å². The van der Waals surface area contributed by atoms with E-state index < -0.39 is 0 Å². The minimum Gasteiger partial charge on any atom is -0.445 e. The molecule has 0 N–H and O–H groups in total. The molecule has 0 fully saturated rings. The summed E-state index contributed by atoms with van der Waals surface area (Å²) in [5.41, 5.74) is 2.38. The average Bonchev–Trinajstić information content (AvgIpc) is 2.92. The van der Waals surface area contributed by atoms with E-state index in [0.29, 0.717) is 40.9 Å². The van der Waals surface area contributed by atoms with E-state index in [2.05, 4.69) is 13.8 Å². The lowest BCUT2D eigenvalue weighted by Gasteiger charge is -2.23. The summed E-state index contributed by atoms with van der Waals surface area (Å²) in [5.74, 6) is -0.302. The van der Waals surface area contributed by atoms with Gasteiger partial charge in [-0.3, -0.25) is 9.59 Å². The van der Waals surface area contributed by atoms with E-state index in [1.807, 2.05) is 4.90 Å². The predicted molar refractivity (Wildman–Crippen MR) is 148 cm³/mol. The van der Waals surface area contributed by atoms with Crippen molar-refractivity contribution in [2.75, 3.05) is 13.1 Å². The lowest BCUT2D eigenvalue weighted by molar-refractivity contribution is 0.0943. The summed E-state index contributed by atoms with van der Waals surface area (Å²) in [7, 11) is 0. The Labute approximate surface area is 222 Å². The second-order valence-corrected chi connectivity index (χ2v) is 10.2. The molecule has 0 aromatic heterocycles. The first-order valence-electron chi connectivity index (χ1n) is 14.3. The first-order valence-corrected chi connectivity index (χ1v) is 14.3. The minimum atomic E-state index is -0.299. The van der Waals surface area contributed by atoms with Crippen LogP contribution in [0.15, 0.2) is 42.5 Å². The molecule has 2 aromatic rings. The van der Waals surface area contributed by atoms with Gasteiger partial charge in [0.05, 0.1) is 0 Å². The van der Waals surface area contributed by atoms with Gasteiger partial charge in [-0.2, -0.15) is 0 Å². The molecule has 1 amide bonds. The van der Waals surface area contributed by atoms with Crippen molar-refractivity contribution < 1.29 is 19.1 Å². The summed E-state index contributed by atoms with van der Waals surface area (Å²) in [5, 5.41) is 0.